The van der Waals surface area contributed by atoms with Crippen LogP contribution in [0, 0.1) is 0 Å². The lowest BCUT2D eigenvalue weighted by molar-refractivity contribution is -0.153. The van der Waals surface area contributed by atoms with Gasteiger partial charge in [0.15, 0.2) is 6.61 Å². The van der Waals surface area contributed by atoms with E-state index < -0.39 is 12.0 Å². The molecular formula is C22H27N3O4. The van der Waals surface area contributed by atoms with Crippen molar-refractivity contribution in [3.63, 3.8) is 0 Å². The van der Waals surface area contributed by atoms with Crippen LogP contribution in [0.3, 0.4) is 0 Å². The third-order valence-electron chi connectivity index (χ3n) is 4.37. The quantitative estimate of drug-likeness (QED) is 0.690. The molecular weight excluding hydrogens is 370 g/mol. The first-order valence-corrected chi connectivity index (χ1v) is 9.30. The number of rotatable bonds is 8. The number of hydrogen-bond donors (Lipinski definition) is 1. The van der Waals surface area contributed by atoms with Gasteiger partial charge in [-0.05, 0) is 36.8 Å². The highest BCUT2D eigenvalue weighted by Gasteiger charge is 2.20. The molecule has 7 nitrogen and oxygen atoms in total. The van der Waals surface area contributed by atoms with Gasteiger partial charge in [-0.15, -0.1) is 0 Å². The lowest BCUT2D eigenvalue weighted by atomic mass is 10.2. The van der Waals surface area contributed by atoms with Crippen LogP contribution < -0.4 is 10.2 Å². The van der Waals surface area contributed by atoms with Crippen LogP contribution in [0.5, 0.6) is 0 Å². The number of likely N-dealkylation sites (N-methyl/N-ethyl adjacent to an activating group) is 1. The summed E-state index contributed by atoms with van der Waals surface area (Å²) in [7, 11) is 5.57. The Morgan fingerprint density at radius 3 is 2.17 bits per heavy atom. The topological polar surface area (TPSA) is 78.9 Å². The Hall–Kier alpha value is -3.35. The van der Waals surface area contributed by atoms with E-state index in [-0.39, 0.29) is 18.4 Å². The van der Waals surface area contributed by atoms with Crippen molar-refractivity contribution < 1.29 is 19.1 Å². The zero-order valence-electron chi connectivity index (χ0n) is 17.2. The Kier molecular flexibility index (Phi) is 7.77. The minimum atomic E-state index is -0.862. The van der Waals surface area contributed by atoms with Gasteiger partial charge in [-0.3, -0.25) is 9.59 Å². The van der Waals surface area contributed by atoms with E-state index in [4.69, 9.17) is 4.74 Å². The molecule has 2 rings (SSSR count). The van der Waals surface area contributed by atoms with E-state index in [1.165, 1.54) is 11.8 Å². The Balaban J connectivity index is 1.79. The van der Waals surface area contributed by atoms with Crippen molar-refractivity contribution in [3.05, 3.63) is 65.7 Å². The van der Waals surface area contributed by atoms with Crippen LogP contribution >= 0.6 is 0 Å². The molecule has 0 spiro atoms. The molecule has 0 aromatic heterocycles. The van der Waals surface area contributed by atoms with E-state index in [9.17, 15) is 14.4 Å². The molecule has 0 heterocycles. The van der Waals surface area contributed by atoms with Crippen molar-refractivity contribution in [2.45, 2.75) is 19.5 Å². The van der Waals surface area contributed by atoms with Gasteiger partial charge in [0.1, 0.15) is 6.04 Å². The van der Waals surface area contributed by atoms with Gasteiger partial charge in [0, 0.05) is 38.9 Å². The third kappa shape index (κ3) is 6.64. The normalized spacial score (nSPS) is 11.3. The third-order valence-corrected chi connectivity index (χ3v) is 4.37. The Morgan fingerprint density at radius 1 is 0.966 bits per heavy atom. The summed E-state index contributed by atoms with van der Waals surface area (Å²) in [4.78, 5) is 39.9. The summed E-state index contributed by atoms with van der Waals surface area (Å²) in [5.74, 6) is -1.36. The lowest BCUT2D eigenvalue weighted by Gasteiger charge is -2.19. The SMILES string of the molecule is C[C@H](NC(=O)c1ccccc1)C(=O)OCC(=O)N(C)Cc1ccc(N(C)C)cc1. The van der Waals surface area contributed by atoms with Gasteiger partial charge in [-0.1, -0.05) is 30.3 Å². The molecule has 0 saturated heterocycles. The van der Waals surface area contributed by atoms with Gasteiger partial charge in [0.05, 0.1) is 0 Å². The molecule has 154 valence electrons. The number of hydrogen-bond acceptors (Lipinski definition) is 5. The number of esters is 1. The second-order valence-electron chi connectivity index (χ2n) is 6.98. The van der Waals surface area contributed by atoms with Crippen molar-refractivity contribution in [2.75, 3.05) is 32.6 Å². The van der Waals surface area contributed by atoms with E-state index in [0.717, 1.165) is 11.3 Å². The molecule has 0 aliphatic heterocycles. The van der Waals surface area contributed by atoms with Gasteiger partial charge < -0.3 is 19.9 Å². The summed E-state index contributed by atoms with van der Waals surface area (Å²) < 4.78 is 5.06. The number of benzene rings is 2. The van der Waals surface area contributed by atoms with E-state index in [0.29, 0.717) is 12.1 Å². The fourth-order valence-electron chi connectivity index (χ4n) is 2.56. The van der Waals surface area contributed by atoms with Gasteiger partial charge >= 0.3 is 5.97 Å². The Morgan fingerprint density at radius 2 is 1.59 bits per heavy atom. The Labute approximate surface area is 171 Å². The lowest BCUT2D eigenvalue weighted by Crippen LogP contribution is -2.41. The summed E-state index contributed by atoms with van der Waals surface area (Å²) in [6.45, 7) is 1.55. The summed E-state index contributed by atoms with van der Waals surface area (Å²) in [6.07, 6.45) is 0. The molecule has 0 aliphatic rings. The summed E-state index contributed by atoms with van der Waals surface area (Å²) in [5, 5.41) is 2.56. The smallest absolute Gasteiger partial charge is 0.328 e. The first kappa shape index (κ1) is 21.9. The monoisotopic (exact) mass is 397 g/mol. The average molecular weight is 397 g/mol. The van der Waals surface area contributed by atoms with Gasteiger partial charge in [-0.2, -0.15) is 0 Å². The predicted molar refractivity (Wildman–Crippen MR) is 112 cm³/mol. The molecule has 0 bridgehead atoms. The second kappa shape index (κ2) is 10.3. The average Bonchev–Trinajstić information content (AvgIpc) is 2.72. The number of ether oxygens (including phenoxy) is 1. The van der Waals surface area contributed by atoms with E-state index in [1.54, 1.807) is 37.4 Å². The van der Waals surface area contributed by atoms with Gasteiger partial charge in [0.2, 0.25) is 0 Å². The van der Waals surface area contributed by atoms with E-state index >= 15 is 0 Å². The molecule has 2 amide bonds. The predicted octanol–water partition coefficient (Wildman–Crippen LogP) is 2.07. The maximum Gasteiger partial charge on any atom is 0.328 e. The standard InChI is InChI=1S/C22H27N3O4/c1-16(23-21(27)18-8-6-5-7-9-18)22(28)29-15-20(26)25(4)14-17-10-12-19(13-11-17)24(2)3/h5-13,16H,14-15H2,1-4H3,(H,23,27)/t16-/m0/s1. The molecule has 0 unspecified atom stereocenters. The summed E-state index contributed by atoms with van der Waals surface area (Å²) in [6, 6.07) is 15.6. The molecule has 1 N–H and O–H groups in total. The highest BCUT2D eigenvalue weighted by molar-refractivity contribution is 5.96. The number of anilines is 1. The van der Waals surface area contributed by atoms with Crippen molar-refractivity contribution in [3.8, 4) is 0 Å². The fraction of sp³-hybridized carbons (Fsp3) is 0.318. The van der Waals surface area contributed by atoms with Crippen LogP contribution in [-0.4, -0.2) is 56.5 Å². The van der Waals surface area contributed by atoms with Gasteiger partial charge in [0.25, 0.3) is 11.8 Å². The molecule has 1 atom stereocenters. The molecule has 2 aromatic rings. The van der Waals surface area contributed by atoms with Crippen molar-refractivity contribution in [2.24, 2.45) is 0 Å². The van der Waals surface area contributed by atoms with Crippen molar-refractivity contribution in [1.29, 1.82) is 0 Å². The highest BCUT2D eigenvalue weighted by atomic mass is 16.5. The zero-order valence-corrected chi connectivity index (χ0v) is 17.2. The molecule has 2 aromatic carbocycles. The number of carbonyl (C=O) groups is 3. The molecule has 29 heavy (non-hydrogen) atoms. The first-order valence-electron chi connectivity index (χ1n) is 9.30. The van der Waals surface area contributed by atoms with Crippen LogP contribution in [-0.2, 0) is 20.9 Å². The van der Waals surface area contributed by atoms with Crippen LogP contribution in [0.2, 0.25) is 0 Å². The molecule has 0 radical (unpaired) electrons. The van der Waals surface area contributed by atoms with Crippen LogP contribution in [0.25, 0.3) is 0 Å². The first-order chi connectivity index (χ1) is 13.8. The molecule has 7 heteroatoms. The van der Waals surface area contributed by atoms with Crippen LogP contribution in [0.1, 0.15) is 22.8 Å². The Bertz CT molecular complexity index is 835. The maximum absolute atomic E-state index is 12.2. The van der Waals surface area contributed by atoms with Crippen LogP contribution in [0.4, 0.5) is 5.69 Å². The van der Waals surface area contributed by atoms with E-state index in [1.807, 2.05) is 43.3 Å². The largest absolute Gasteiger partial charge is 0.454 e. The number of carbonyl (C=O) groups excluding carboxylic acids is 3. The highest BCUT2D eigenvalue weighted by Crippen LogP contribution is 2.13. The number of nitrogens with one attached hydrogen (secondary N) is 1. The molecule has 0 fully saturated rings. The molecule has 0 saturated carbocycles. The zero-order chi connectivity index (χ0) is 21.4. The maximum atomic E-state index is 12.2. The summed E-state index contributed by atoms with van der Waals surface area (Å²) in [5.41, 5.74) is 2.49. The minimum Gasteiger partial charge on any atom is -0.454 e. The number of nitrogens with zero attached hydrogens (tertiary/aromatic N) is 2. The fourth-order valence-corrected chi connectivity index (χ4v) is 2.56. The minimum absolute atomic E-state index is 0.323. The van der Waals surface area contributed by atoms with Crippen LogP contribution in [0.15, 0.2) is 54.6 Å². The number of amides is 2. The van der Waals surface area contributed by atoms with E-state index in [2.05, 4.69) is 5.32 Å². The second-order valence-corrected chi connectivity index (χ2v) is 6.98. The molecule has 0 aliphatic carbocycles. The van der Waals surface area contributed by atoms with Gasteiger partial charge in [-0.25, -0.2) is 4.79 Å². The summed E-state index contributed by atoms with van der Waals surface area (Å²) >= 11 is 0. The van der Waals surface area contributed by atoms with Crippen molar-refractivity contribution >= 4 is 23.5 Å². The van der Waals surface area contributed by atoms with Crippen molar-refractivity contribution in [1.82, 2.24) is 10.2 Å².